The number of anilines is 1. The molecule has 0 bridgehead atoms. The van der Waals surface area contributed by atoms with E-state index in [9.17, 15) is 4.79 Å². The lowest BCUT2D eigenvalue weighted by Gasteiger charge is -2.18. The lowest BCUT2D eigenvalue weighted by atomic mass is 10.1. The van der Waals surface area contributed by atoms with Crippen molar-refractivity contribution in [3.63, 3.8) is 0 Å². The minimum atomic E-state index is -0.0767. The molecule has 9 nitrogen and oxygen atoms in total. The second-order valence-electron chi connectivity index (χ2n) is 5.91. The number of aryl methyl sites for hydroxylation is 3. The molecule has 3 heterocycles. The molecule has 0 saturated carbocycles. The van der Waals surface area contributed by atoms with Gasteiger partial charge < -0.3 is 10.6 Å². The molecule has 0 spiro atoms. The van der Waals surface area contributed by atoms with Gasteiger partial charge in [0, 0.05) is 32.2 Å². The molecule has 2 N–H and O–H groups in total. The van der Waals surface area contributed by atoms with Gasteiger partial charge in [0.1, 0.15) is 5.82 Å². The molecule has 0 amide bonds. The lowest BCUT2D eigenvalue weighted by Crippen LogP contribution is -2.28. The Balaban J connectivity index is 0.00000208. The second-order valence-corrected chi connectivity index (χ2v) is 5.91. The number of nitrogens with two attached hydrogens (primary N) is 1. The average Bonchev–Trinajstić information content (AvgIpc) is 3.18. The molecule has 0 radical (unpaired) electrons. The SMILES string of the molecule is Cc1nnnn1CCCn1ncc(N2CCC(CN)C2)cc1=O.Cl. The van der Waals surface area contributed by atoms with Gasteiger partial charge in [-0.25, -0.2) is 9.36 Å². The van der Waals surface area contributed by atoms with Crippen molar-refractivity contribution < 1.29 is 0 Å². The van der Waals surface area contributed by atoms with Crippen LogP contribution in [0.5, 0.6) is 0 Å². The summed E-state index contributed by atoms with van der Waals surface area (Å²) in [7, 11) is 0. The van der Waals surface area contributed by atoms with Crippen molar-refractivity contribution >= 4 is 18.1 Å². The van der Waals surface area contributed by atoms with Crippen molar-refractivity contribution in [2.45, 2.75) is 32.9 Å². The maximum Gasteiger partial charge on any atom is 0.268 e. The molecule has 0 aromatic carbocycles. The smallest absolute Gasteiger partial charge is 0.268 e. The van der Waals surface area contributed by atoms with Crippen molar-refractivity contribution in [3.05, 3.63) is 28.4 Å². The zero-order valence-electron chi connectivity index (χ0n) is 13.7. The van der Waals surface area contributed by atoms with Gasteiger partial charge in [-0.1, -0.05) is 0 Å². The van der Waals surface area contributed by atoms with E-state index in [-0.39, 0.29) is 18.0 Å². The number of aromatic nitrogens is 6. The average molecular weight is 355 g/mol. The maximum atomic E-state index is 12.2. The van der Waals surface area contributed by atoms with Crippen LogP contribution in [0, 0.1) is 12.8 Å². The van der Waals surface area contributed by atoms with Crippen molar-refractivity contribution in [2.24, 2.45) is 11.7 Å². The fourth-order valence-corrected chi connectivity index (χ4v) is 2.85. The summed E-state index contributed by atoms with van der Waals surface area (Å²) in [6.45, 7) is 5.59. The third-order valence-electron chi connectivity index (χ3n) is 4.29. The van der Waals surface area contributed by atoms with E-state index in [2.05, 4.69) is 25.5 Å². The number of rotatable bonds is 6. The van der Waals surface area contributed by atoms with Crippen molar-refractivity contribution in [3.8, 4) is 0 Å². The van der Waals surface area contributed by atoms with Gasteiger partial charge in [-0.3, -0.25) is 4.79 Å². The molecule has 2 aromatic rings. The topological polar surface area (TPSA) is 108 Å². The second kappa shape index (κ2) is 8.20. The maximum absolute atomic E-state index is 12.2. The fourth-order valence-electron chi connectivity index (χ4n) is 2.85. The Morgan fingerprint density at radius 3 is 2.75 bits per heavy atom. The summed E-state index contributed by atoms with van der Waals surface area (Å²) in [5.41, 5.74) is 6.52. The number of nitrogens with zero attached hydrogens (tertiary/aromatic N) is 7. The summed E-state index contributed by atoms with van der Waals surface area (Å²) in [5.74, 6) is 1.28. The predicted molar refractivity (Wildman–Crippen MR) is 92.3 cm³/mol. The highest BCUT2D eigenvalue weighted by atomic mass is 35.5. The Hall–Kier alpha value is -2.00. The number of tetrazole rings is 1. The first-order valence-electron chi connectivity index (χ1n) is 7.92. The first kappa shape index (κ1) is 18.3. The Labute approximate surface area is 146 Å². The highest BCUT2D eigenvalue weighted by Crippen LogP contribution is 2.21. The Morgan fingerprint density at radius 1 is 1.33 bits per heavy atom. The Morgan fingerprint density at radius 2 is 2.12 bits per heavy atom. The fraction of sp³-hybridized carbons (Fsp3) is 0.643. The lowest BCUT2D eigenvalue weighted by molar-refractivity contribution is 0.473. The minimum Gasteiger partial charge on any atom is -0.370 e. The molecule has 1 aliphatic heterocycles. The van der Waals surface area contributed by atoms with Crippen molar-refractivity contribution in [1.82, 2.24) is 30.0 Å². The van der Waals surface area contributed by atoms with Gasteiger partial charge >= 0.3 is 0 Å². The highest BCUT2D eigenvalue weighted by Gasteiger charge is 2.22. The van der Waals surface area contributed by atoms with Crippen LogP contribution in [0.3, 0.4) is 0 Å². The first-order valence-corrected chi connectivity index (χ1v) is 7.92. The molecule has 1 saturated heterocycles. The molecular weight excluding hydrogens is 332 g/mol. The third kappa shape index (κ3) is 4.09. The molecule has 1 unspecified atom stereocenters. The molecule has 24 heavy (non-hydrogen) atoms. The van der Waals surface area contributed by atoms with E-state index in [0.717, 1.165) is 37.4 Å². The quantitative estimate of drug-likeness (QED) is 0.767. The van der Waals surface area contributed by atoms with E-state index in [0.29, 0.717) is 25.6 Å². The molecular formula is C14H23ClN8O. The molecule has 1 aliphatic rings. The normalized spacial score (nSPS) is 17.1. The van der Waals surface area contributed by atoms with Crippen molar-refractivity contribution in [2.75, 3.05) is 24.5 Å². The van der Waals surface area contributed by atoms with E-state index in [1.807, 2.05) is 6.92 Å². The molecule has 2 aromatic heterocycles. The van der Waals surface area contributed by atoms with Gasteiger partial charge in [-0.05, 0) is 42.7 Å². The third-order valence-corrected chi connectivity index (χ3v) is 4.29. The number of hydrogen-bond acceptors (Lipinski definition) is 7. The zero-order chi connectivity index (χ0) is 16.2. The molecule has 1 atom stereocenters. The van der Waals surface area contributed by atoms with E-state index < -0.39 is 0 Å². The van der Waals surface area contributed by atoms with Crippen LogP contribution in [0.2, 0.25) is 0 Å². The van der Waals surface area contributed by atoms with Gasteiger partial charge in [-0.15, -0.1) is 17.5 Å². The summed E-state index contributed by atoms with van der Waals surface area (Å²) >= 11 is 0. The van der Waals surface area contributed by atoms with E-state index >= 15 is 0 Å². The van der Waals surface area contributed by atoms with E-state index in [1.54, 1.807) is 16.9 Å². The monoisotopic (exact) mass is 354 g/mol. The van der Waals surface area contributed by atoms with Crippen LogP contribution in [-0.2, 0) is 13.1 Å². The predicted octanol–water partition coefficient (Wildman–Crippen LogP) is -0.165. The molecule has 1 fully saturated rings. The van der Waals surface area contributed by atoms with E-state index in [1.165, 1.54) is 4.68 Å². The first-order chi connectivity index (χ1) is 11.2. The Bertz CT molecular complexity index is 715. The molecule has 10 heteroatoms. The van der Waals surface area contributed by atoms with E-state index in [4.69, 9.17) is 5.73 Å². The van der Waals surface area contributed by atoms with Crippen LogP contribution < -0.4 is 16.2 Å². The van der Waals surface area contributed by atoms with Crippen LogP contribution in [0.25, 0.3) is 0 Å². The summed E-state index contributed by atoms with van der Waals surface area (Å²) in [5, 5.41) is 15.6. The van der Waals surface area contributed by atoms with Gasteiger partial charge in [0.05, 0.1) is 11.9 Å². The van der Waals surface area contributed by atoms with Gasteiger partial charge in [-0.2, -0.15) is 5.10 Å². The summed E-state index contributed by atoms with van der Waals surface area (Å²) in [6.07, 6.45) is 3.59. The minimum absolute atomic E-state index is 0. The standard InChI is InChI=1S/C14H22N8O.ClH/c1-11-17-18-19-21(11)4-2-5-22-14(23)7-13(9-16-22)20-6-3-12(8-15)10-20;/h7,9,12H,2-6,8,10,15H2,1H3;1H. The highest BCUT2D eigenvalue weighted by molar-refractivity contribution is 5.85. The summed E-state index contributed by atoms with van der Waals surface area (Å²) < 4.78 is 3.20. The van der Waals surface area contributed by atoms with Crippen LogP contribution in [-0.4, -0.2) is 49.6 Å². The summed E-state index contributed by atoms with van der Waals surface area (Å²) in [6, 6.07) is 1.66. The number of halogens is 1. The molecule has 0 aliphatic carbocycles. The van der Waals surface area contributed by atoms with Crippen LogP contribution in [0.15, 0.2) is 17.1 Å². The van der Waals surface area contributed by atoms with Crippen LogP contribution in [0.1, 0.15) is 18.7 Å². The van der Waals surface area contributed by atoms with Gasteiger partial charge in [0.25, 0.3) is 5.56 Å². The van der Waals surface area contributed by atoms with Crippen molar-refractivity contribution in [1.29, 1.82) is 0 Å². The van der Waals surface area contributed by atoms with Crippen LogP contribution in [0.4, 0.5) is 5.69 Å². The number of hydrogen-bond donors (Lipinski definition) is 1. The van der Waals surface area contributed by atoms with Crippen LogP contribution >= 0.6 is 12.4 Å². The Kier molecular flexibility index (Phi) is 6.27. The van der Waals surface area contributed by atoms with Gasteiger partial charge in [0.2, 0.25) is 0 Å². The largest absolute Gasteiger partial charge is 0.370 e. The van der Waals surface area contributed by atoms with Gasteiger partial charge in [0.15, 0.2) is 0 Å². The zero-order valence-corrected chi connectivity index (χ0v) is 14.5. The summed E-state index contributed by atoms with van der Waals surface area (Å²) in [4.78, 5) is 14.4. The molecule has 3 rings (SSSR count). The molecule has 132 valence electrons.